The van der Waals surface area contributed by atoms with Crippen LogP contribution in [0.4, 0.5) is 4.79 Å². The minimum Gasteiger partial charge on any atom is -0.497 e. The second-order valence-corrected chi connectivity index (χ2v) is 9.70. The van der Waals surface area contributed by atoms with Crippen LogP contribution in [-0.4, -0.2) is 30.2 Å². The number of para-hydroxylation sites is 1. The highest BCUT2D eigenvalue weighted by Crippen LogP contribution is 2.29. The zero-order chi connectivity index (χ0) is 29.1. The minimum atomic E-state index is -1.07. The first-order valence-electron chi connectivity index (χ1n) is 13.3. The van der Waals surface area contributed by atoms with Crippen LogP contribution < -0.4 is 20.4 Å². The first-order chi connectivity index (χ1) is 20.5. The van der Waals surface area contributed by atoms with E-state index in [-0.39, 0.29) is 24.4 Å². The molecule has 0 saturated heterocycles. The van der Waals surface area contributed by atoms with Gasteiger partial charge in [-0.3, -0.25) is 0 Å². The normalized spacial score (nSPS) is 11.8. The Labute approximate surface area is 239 Å². The molecular formula is C33H26N2O7. The van der Waals surface area contributed by atoms with Crippen LogP contribution >= 0.6 is 0 Å². The van der Waals surface area contributed by atoms with Crippen LogP contribution in [0.3, 0.4) is 0 Å². The highest BCUT2D eigenvalue weighted by molar-refractivity contribution is 6.05. The fourth-order valence-electron chi connectivity index (χ4n) is 4.89. The Hall–Kier alpha value is -5.57. The van der Waals surface area contributed by atoms with Crippen molar-refractivity contribution in [2.75, 3.05) is 7.11 Å². The summed E-state index contributed by atoms with van der Waals surface area (Å²) in [5, 5.41) is 5.31. The summed E-state index contributed by atoms with van der Waals surface area (Å²) in [5.74, 6) is -0.00760. The number of amides is 1. The largest absolute Gasteiger partial charge is 0.497 e. The van der Waals surface area contributed by atoms with E-state index < -0.39 is 23.7 Å². The summed E-state index contributed by atoms with van der Waals surface area (Å²) in [5.41, 5.74) is 2.25. The lowest BCUT2D eigenvalue weighted by Gasteiger charge is -2.18. The molecule has 210 valence electrons. The monoisotopic (exact) mass is 562 g/mol. The van der Waals surface area contributed by atoms with Gasteiger partial charge >= 0.3 is 17.7 Å². The average Bonchev–Trinajstić information content (AvgIpc) is 3.42. The van der Waals surface area contributed by atoms with Gasteiger partial charge in [0.2, 0.25) is 0 Å². The van der Waals surface area contributed by atoms with E-state index in [9.17, 15) is 14.4 Å². The molecule has 0 saturated carbocycles. The summed E-state index contributed by atoms with van der Waals surface area (Å²) >= 11 is 0. The van der Waals surface area contributed by atoms with Gasteiger partial charge in [-0.15, -0.1) is 0 Å². The highest BCUT2D eigenvalue weighted by atomic mass is 16.6. The third-order valence-electron chi connectivity index (χ3n) is 7.00. The first kappa shape index (κ1) is 26.6. The number of hydrogen-bond acceptors (Lipinski definition) is 7. The van der Waals surface area contributed by atoms with Crippen molar-refractivity contribution in [1.29, 1.82) is 0 Å². The predicted molar refractivity (Wildman–Crippen MR) is 158 cm³/mol. The summed E-state index contributed by atoms with van der Waals surface area (Å²) in [4.78, 5) is 42.1. The number of esters is 1. The van der Waals surface area contributed by atoms with E-state index in [1.165, 1.54) is 13.2 Å². The number of aromatic amines is 1. The van der Waals surface area contributed by atoms with Crippen LogP contribution in [0.25, 0.3) is 32.6 Å². The smallest absolute Gasteiger partial charge is 0.408 e. The first-order valence-corrected chi connectivity index (χ1v) is 13.3. The average molecular weight is 563 g/mol. The topological polar surface area (TPSA) is 120 Å². The van der Waals surface area contributed by atoms with E-state index in [2.05, 4.69) is 10.3 Å². The molecule has 6 aromatic rings. The molecule has 1 amide bonds. The molecule has 0 aliphatic carbocycles. The van der Waals surface area contributed by atoms with Crippen molar-refractivity contribution in [2.24, 2.45) is 0 Å². The van der Waals surface area contributed by atoms with Gasteiger partial charge in [-0.05, 0) is 47.5 Å². The molecule has 4 aromatic carbocycles. The van der Waals surface area contributed by atoms with Gasteiger partial charge in [0.25, 0.3) is 0 Å². The number of carbonyl (C=O) groups excluding carboxylic acids is 2. The van der Waals surface area contributed by atoms with Gasteiger partial charge in [-0.2, -0.15) is 0 Å². The number of benzene rings is 4. The van der Waals surface area contributed by atoms with E-state index >= 15 is 0 Å². The van der Waals surface area contributed by atoms with Crippen molar-refractivity contribution < 1.29 is 28.2 Å². The Morgan fingerprint density at radius 2 is 1.62 bits per heavy atom. The van der Waals surface area contributed by atoms with Crippen LogP contribution in [0, 0.1) is 0 Å². The van der Waals surface area contributed by atoms with Gasteiger partial charge in [0.1, 0.15) is 29.7 Å². The number of rotatable bonds is 8. The van der Waals surface area contributed by atoms with Crippen molar-refractivity contribution in [3.8, 4) is 11.5 Å². The molecule has 0 spiro atoms. The highest BCUT2D eigenvalue weighted by Gasteiger charge is 2.26. The number of alkyl carbamates (subject to hydrolysis) is 1. The lowest BCUT2D eigenvalue weighted by atomic mass is 10.0. The van der Waals surface area contributed by atoms with Crippen molar-refractivity contribution in [1.82, 2.24) is 10.3 Å². The Kier molecular flexibility index (Phi) is 7.30. The maximum absolute atomic E-state index is 13.5. The molecular weight excluding hydrogens is 536 g/mol. The molecule has 2 heterocycles. The van der Waals surface area contributed by atoms with Gasteiger partial charge in [0.15, 0.2) is 0 Å². The molecule has 2 aromatic heterocycles. The van der Waals surface area contributed by atoms with Crippen molar-refractivity contribution in [3.05, 3.63) is 119 Å². The third-order valence-corrected chi connectivity index (χ3v) is 7.00. The predicted octanol–water partition coefficient (Wildman–Crippen LogP) is 5.88. The molecule has 0 bridgehead atoms. The summed E-state index contributed by atoms with van der Waals surface area (Å²) in [7, 11) is 1.52. The molecule has 0 fully saturated rings. The minimum absolute atomic E-state index is 0.0467. The standard InChI is InChI=1S/C33H26N2O7/c1-39-22-11-13-25-26-14-12-23(17-30(26)42-31(36)27(25)16-22)41-32(37)29(15-21-18-34-28-10-6-5-9-24(21)28)35-33(38)40-19-20-7-3-2-4-8-20/h2-14,16-18,29,34H,15,19H2,1H3,(H,35,38)/t29-/m0/s1. The Bertz CT molecular complexity index is 1980. The number of methoxy groups -OCH3 is 1. The molecule has 0 unspecified atom stereocenters. The van der Waals surface area contributed by atoms with Crippen molar-refractivity contribution in [2.45, 2.75) is 19.1 Å². The van der Waals surface area contributed by atoms with Crippen LogP contribution in [0.5, 0.6) is 11.5 Å². The summed E-state index contributed by atoms with van der Waals surface area (Å²) < 4.78 is 21.8. The van der Waals surface area contributed by atoms with E-state index in [0.717, 1.165) is 22.0 Å². The van der Waals surface area contributed by atoms with Crippen LogP contribution in [0.15, 0.2) is 106 Å². The quantitative estimate of drug-likeness (QED) is 0.103. The summed E-state index contributed by atoms with van der Waals surface area (Å²) in [6.45, 7) is 0.0467. The lowest BCUT2D eigenvalue weighted by Crippen LogP contribution is -2.44. The maximum Gasteiger partial charge on any atom is 0.408 e. The number of H-pyrrole nitrogens is 1. The number of hydrogen-bond donors (Lipinski definition) is 2. The van der Waals surface area contributed by atoms with Crippen LogP contribution in [-0.2, 0) is 22.6 Å². The van der Waals surface area contributed by atoms with Crippen LogP contribution in [0.2, 0.25) is 0 Å². The van der Waals surface area contributed by atoms with Gasteiger partial charge in [0.05, 0.1) is 12.5 Å². The van der Waals surface area contributed by atoms with Gasteiger partial charge in [-0.25, -0.2) is 14.4 Å². The zero-order valence-electron chi connectivity index (χ0n) is 22.6. The molecule has 0 aliphatic rings. The summed E-state index contributed by atoms with van der Waals surface area (Å²) in [6, 6.07) is 25.8. The zero-order valence-corrected chi connectivity index (χ0v) is 22.6. The number of aromatic nitrogens is 1. The second-order valence-electron chi connectivity index (χ2n) is 9.70. The van der Waals surface area contributed by atoms with E-state index in [1.54, 1.807) is 36.5 Å². The number of fused-ring (bicyclic) bond motifs is 4. The molecule has 42 heavy (non-hydrogen) atoms. The summed E-state index contributed by atoms with van der Waals surface area (Å²) in [6.07, 6.45) is 1.19. The Morgan fingerprint density at radius 1 is 0.857 bits per heavy atom. The molecule has 0 radical (unpaired) electrons. The van der Waals surface area contributed by atoms with Gasteiger partial charge < -0.3 is 28.9 Å². The van der Waals surface area contributed by atoms with Gasteiger partial charge in [0, 0.05) is 40.4 Å². The van der Waals surface area contributed by atoms with Gasteiger partial charge in [-0.1, -0.05) is 48.5 Å². The Morgan fingerprint density at radius 3 is 2.45 bits per heavy atom. The molecule has 6 rings (SSSR count). The number of ether oxygens (including phenoxy) is 3. The van der Waals surface area contributed by atoms with E-state index in [4.69, 9.17) is 18.6 Å². The number of nitrogens with one attached hydrogen (secondary N) is 2. The van der Waals surface area contributed by atoms with E-state index in [0.29, 0.717) is 21.9 Å². The Balaban J connectivity index is 1.26. The molecule has 9 heteroatoms. The van der Waals surface area contributed by atoms with Crippen LogP contribution in [0.1, 0.15) is 11.1 Å². The second kappa shape index (κ2) is 11.5. The maximum atomic E-state index is 13.5. The third kappa shape index (κ3) is 5.53. The fraction of sp³-hybridized carbons (Fsp3) is 0.121. The van der Waals surface area contributed by atoms with E-state index in [1.807, 2.05) is 54.6 Å². The SMILES string of the molecule is COc1ccc2c(c1)c(=O)oc1cc(OC(=O)[C@H](Cc3c[nH]c4ccccc34)NC(=O)OCc3ccccc3)ccc12. The molecule has 0 aliphatic heterocycles. The molecule has 9 nitrogen and oxygen atoms in total. The molecule has 2 N–H and O–H groups in total. The fourth-order valence-corrected chi connectivity index (χ4v) is 4.89. The molecule has 1 atom stereocenters. The van der Waals surface area contributed by atoms with Crippen molar-refractivity contribution >= 4 is 44.7 Å². The van der Waals surface area contributed by atoms with Crippen molar-refractivity contribution in [3.63, 3.8) is 0 Å². The number of carbonyl (C=O) groups is 2. The lowest BCUT2D eigenvalue weighted by molar-refractivity contribution is -0.136.